The number of aliphatic imine (C=N–C) groups is 1. The Morgan fingerprint density at radius 3 is 2.58 bits per heavy atom. The Morgan fingerprint density at radius 1 is 1.16 bits per heavy atom. The zero-order valence-electron chi connectivity index (χ0n) is 10.4. The van der Waals surface area contributed by atoms with Gasteiger partial charge in [0.2, 0.25) is 0 Å². The van der Waals surface area contributed by atoms with Crippen LogP contribution in [0.1, 0.15) is 15.9 Å². The lowest BCUT2D eigenvalue weighted by molar-refractivity contribution is 0.0601. The van der Waals surface area contributed by atoms with Gasteiger partial charge in [-0.2, -0.15) is 0 Å². The van der Waals surface area contributed by atoms with Crippen molar-refractivity contribution < 1.29 is 14.6 Å². The van der Waals surface area contributed by atoms with Crippen LogP contribution in [-0.2, 0) is 4.74 Å². The number of nitrogens with zero attached hydrogens (tertiary/aromatic N) is 1. The second-order valence-electron chi connectivity index (χ2n) is 3.83. The summed E-state index contributed by atoms with van der Waals surface area (Å²) in [6, 6.07) is 13.7. The van der Waals surface area contributed by atoms with Crippen molar-refractivity contribution >= 4 is 17.9 Å². The molecule has 96 valence electrons. The van der Waals surface area contributed by atoms with E-state index < -0.39 is 5.97 Å². The van der Waals surface area contributed by atoms with Gasteiger partial charge in [0, 0.05) is 11.8 Å². The van der Waals surface area contributed by atoms with Crippen molar-refractivity contribution in [2.45, 2.75) is 0 Å². The number of methoxy groups -OCH3 is 1. The minimum Gasteiger partial charge on any atom is -0.507 e. The van der Waals surface area contributed by atoms with Gasteiger partial charge >= 0.3 is 5.97 Å². The van der Waals surface area contributed by atoms with E-state index in [1.165, 1.54) is 13.3 Å². The monoisotopic (exact) mass is 255 g/mol. The maximum Gasteiger partial charge on any atom is 0.340 e. The van der Waals surface area contributed by atoms with Crippen LogP contribution < -0.4 is 0 Å². The van der Waals surface area contributed by atoms with Crippen molar-refractivity contribution in [1.29, 1.82) is 0 Å². The second-order valence-corrected chi connectivity index (χ2v) is 3.83. The van der Waals surface area contributed by atoms with Gasteiger partial charge in [0.25, 0.3) is 0 Å². The van der Waals surface area contributed by atoms with Crippen molar-refractivity contribution in [1.82, 2.24) is 0 Å². The Hall–Kier alpha value is -2.62. The van der Waals surface area contributed by atoms with Gasteiger partial charge in [0.15, 0.2) is 0 Å². The first-order valence-corrected chi connectivity index (χ1v) is 5.72. The number of ether oxygens (including phenoxy) is 1. The number of esters is 1. The molecular weight excluding hydrogens is 242 g/mol. The smallest absolute Gasteiger partial charge is 0.340 e. The number of phenolic OH excluding ortho intramolecular Hbond substituents is 1. The van der Waals surface area contributed by atoms with Gasteiger partial charge < -0.3 is 9.84 Å². The van der Waals surface area contributed by atoms with Gasteiger partial charge in [-0.25, -0.2) is 4.79 Å². The van der Waals surface area contributed by atoms with Crippen LogP contribution >= 0.6 is 0 Å². The number of rotatable bonds is 3. The van der Waals surface area contributed by atoms with Crippen molar-refractivity contribution in [3.05, 3.63) is 59.7 Å². The van der Waals surface area contributed by atoms with Crippen molar-refractivity contribution in [3.63, 3.8) is 0 Å². The van der Waals surface area contributed by atoms with Crippen LogP contribution in [0.4, 0.5) is 5.69 Å². The average Bonchev–Trinajstić information content (AvgIpc) is 2.46. The van der Waals surface area contributed by atoms with Crippen molar-refractivity contribution in [2.75, 3.05) is 7.11 Å². The van der Waals surface area contributed by atoms with Crippen LogP contribution in [0.3, 0.4) is 0 Å². The van der Waals surface area contributed by atoms with Crippen molar-refractivity contribution in [2.24, 2.45) is 4.99 Å². The lowest BCUT2D eigenvalue weighted by Gasteiger charge is -2.03. The van der Waals surface area contributed by atoms with Gasteiger partial charge in [0.1, 0.15) is 5.75 Å². The third-order valence-electron chi connectivity index (χ3n) is 2.59. The predicted octanol–water partition coefficient (Wildman–Crippen LogP) is 2.93. The van der Waals surface area contributed by atoms with Gasteiger partial charge in [0.05, 0.1) is 18.4 Å². The zero-order valence-corrected chi connectivity index (χ0v) is 10.4. The molecule has 0 saturated carbocycles. The van der Waals surface area contributed by atoms with Crippen molar-refractivity contribution in [3.8, 4) is 5.75 Å². The molecule has 0 amide bonds. The summed E-state index contributed by atoms with van der Waals surface area (Å²) >= 11 is 0. The van der Waals surface area contributed by atoms with E-state index in [0.29, 0.717) is 16.8 Å². The summed E-state index contributed by atoms with van der Waals surface area (Å²) in [7, 11) is 1.33. The number of hydrogen-bond donors (Lipinski definition) is 1. The number of para-hydroxylation sites is 2. The highest BCUT2D eigenvalue weighted by molar-refractivity contribution is 5.96. The topological polar surface area (TPSA) is 58.9 Å². The number of aromatic hydroxyl groups is 1. The highest BCUT2D eigenvalue weighted by Crippen LogP contribution is 2.20. The van der Waals surface area contributed by atoms with Gasteiger partial charge in [-0.3, -0.25) is 4.99 Å². The lowest BCUT2D eigenvalue weighted by atomic mass is 10.2. The molecule has 2 aromatic carbocycles. The van der Waals surface area contributed by atoms with E-state index in [0.717, 1.165) is 0 Å². The van der Waals surface area contributed by atoms with E-state index in [2.05, 4.69) is 4.99 Å². The maximum atomic E-state index is 11.6. The van der Waals surface area contributed by atoms with Crippen LogP contribution in [0, 0.1) is 0 Å². The number of phenols is 1. The first-order chi connectivity index (χ1) is 9.22. The van der Waals surface area contributed by atoms with Crippen LogP contribution in [-0.4, -0.2) is 24.4 Å². The Bertz CT molecular complexity index is 620. The molecule has 0 atom stereocenters. The van der Waals surface area contributed by atoms with Crippen LogP contribution in [0.5, 0.6) is 5.75 Å². The Kier molecular flexibility index (Phi) is 3.93. The van der Waals surface area contributed by atoms with E-state index in [4.69, 9.17) is 4.74 Å². The number of hydrogen-bond acceptors (Lipinski definition) is 4. The second kappa shape index (κ2) is 5.82. The average molecular weight is 255 g/mol. The molecule has 2 rings (SSSR count). The molecule has 0 heterocycles. The summed E-state index contributed by atoms with van der Waals surface area (Å²) in [6.45, 7) is 0. The molecule has 19 heavy (non-hydrogen) atoms. The summed E-state index contributed by atoms with van der Waals surface area (Å²) in [4.78, 5) is 15.8. The number of benzene rings is 2. The van der Waals surface area contributed by atoms with E-state index in [1.807, 2.05) is 0 Å². The first-order valence-electron chi connectivity index (χ1n) is 5.72. The third-order valence-corrected chi connectivity index (χ3v) is 2.59. The Labute approximate surface area is 111 Å². The molecule has 0 aliphatic rings. The van der Waals surface area contributed by atoms with Crippen LogP contribution in [0.2, 0.25) is 0 Å². The Morgan fingerprint density at radius 2 is 1.84 bits per heavy atom. The molecule has 4 heteroatoms. The highest BCUT2D eigenvalue weighted by Gasteiger charge is 2.09. The predicted molar refractivity (Wildman–Crippen MR) is 73.1 cm³/mol. The SMILES string of the molecule is COC(=O)c1ccccc1N=Cc1ccccc1O. The molecule has 1 N–H and O–H groups in total. The minimum atomic E-state index is -0.440. The molecule has 0 saturated heterocycles. The molecule has 0 bridgehead atoms. The summed E-state index contributed by atoms with van der Waals surface area (Å²) in [5.41, 5.74) is 1.47. The fraction of sp³-hybridized carbons (Fsp3) is 0.0667. The standard InChI is InChI=1S/C15H13NO3/c1-19-15(18)12-7-3-4-8-13(12)16-10-11-6-2-5-9-14(11)17/h2-10,17H,1H3. The third kappa shape index (κ3) is 2.98. The van der Waals surface area contributed by atoms with Crippen LogP contribution in [0.15, 0.2) is 53.5 Å². The molecule has 0 radical (unpaired) electrons. The fourth-order valence-corrected chi connectivity index (χ4v) is 1.60. The van der Waals surface area contributed by atoms with Crippen LogP contribution in [0.25, 0.3) is 0 Å². The fourth-order valence-electron chi connectivity index (χ4n) is 1.60. The molecule has 0 aliphatic heterocycles. The molecule has 0 aromatic heterocycles. The number of carbonyl (C=O) groups excluding carboxylic acids is 1. The van der Waals surface area contributed by atoms with E-state index in [9.17, 15) is 9.90 Å². The summed E-state index contributed by atoms with van der Waals surface area (Å²) < 4.78 is 4.69. The minimum absolute atomic E-state index is 0.141. The summed E-state index contributed by atoms with van der Waals surface area (Å²) in [5, 5.41) is 9.63. The quantitative estimate of drug-likeness (QED) is 0.677. The molecule has 4 nitrogen and oxygen atoms in total. The van der Waals surface area contributed by atoms with E-state index >= 15 is 0 Å². The largest absolute Gasteiger partial charge is 0.507 e. The summed E-state index contributed by atoms with van der Waals surface area (Å²) in [6.07, 6.45) is 1.51. The molecule has 0 spiro atoms. The van der Waals surface area contributed by atoms with E-state index in [1.54, 1.807) is 48.5 Å². The van der Waals surface area contributed by atoms with Gasteiger partial charge in [-0.05, 0) is 24.3 Å². The molecule has 0 aliphatic carbocycles. The van der Waals surface area contributed by atoms with E-state index in [-0.39, 0.29) is 5.75 Å². The molecule has 0 unspecified atom stereocenters. The van der Waals surface area contributed by atoms with Gasteiger partial charge in [-0.15, -0.1) is 0 Å². The number of carbonyl (C=O) groups is 1. The zero-order chi connectivity index (χ0) is 13.7. The normalized spacial score (nSPS) is 10.6. The summed E-state index contributed by atoms with van der Waals surface area (Å²) in [5.74, 6) is -0.299. The molecule has 0 fully saturated rings. The lowest BCUT2D eigenvalue weighted by Crippen LogP contribution is -2.01. The highest BCUT2D eigenvalue weighted by atomic mass is 16.5. The first kappa shape index (κ1) is 12.8. The maximum absolute atomic E-state index is 11.6. The van der Waals surface area contributed by atoms with Gasteiger partial charge in [-0.1, -0.05) is 24.3 Å². The Balaban J connectivity index is 2.34. The molecule has 2 aromatic rings. The molecular formula is C15H13NO3.